The molecule has 3 N–H and O–H groups in total. The molecule has 2 aromatic rings. The van der Waals surface area contributed by atoms with Crippen molar-refractivity contribution in [3.8, 4) is 0 Å². The third kappa shape index (κ3) is 4.13. The summed E-state index contributed by atoms with van der Waals surface area (Å²) in [4.78, 5) is 8.52. The van der Waals surface area contributed by atoms with E-state index in [0.29, 0.717) is 16.9 Å². The Labute approximate surface area is 124 Å². The second-order valence-corrected chi connectivity index (χ2v) is 5.47. The van der Waals surface area contributed by atoms with Crippen LogP contribution in [0.4, 0.5) is 11.6 Å². The van der Waals surface area contributed by atoms with E-state index in [0.717, 1.165) is 18.8 Å². The van der Waals surface area contributed by atoms with Gasteiger partial charge in [-0.05, 0) is 24.2 Å². The van der Waals surface area contributed by atoms with Crippen molar-refractivity contribution in [3.05, 3.63) is 42.0 Å². The first-order valence-electron chi connectivity index (χ1n) is 6.66. The highest BCUT2D eigenvalue weighted by Crippen LogP contribution is 2.19. The summed E-state index contributed by atoms with van der Waals surface area (Å²) in [6, 6.07) is 12.3. The van der Waals surface area contributed by atoms with E-state index in [1.165, 1.54) is 17.3 Å². The molecule has 0 aliphatic rings. The van der Waals surface area contributed by atoms with Crippen LogP contribution in [0.1, 0.15) is 24.8 Å². The largest absolute Gasteiger partial charge is 0.383 e. The Morgan fingerprint density at radius 2 is 2.00 bits per heavy atom. The van der Waals surface area contributed by atoms with Crippen LogP contribution in [0.15, 0.2) is 41.6 Å². The van der Waals surface area contributed by atoms with Gasteiger partial charge in [0.25, 0.3) is 0 Å². The van der Waals surface area contributed by atoms with E-state index >= 15 is 0 Å². The lowest BCUT2D eigenvalue weighted by atomic mass is 9.98. The fourth-order valence-corrected chi connectivity index (χ4v) is 2.38. The predicted molar refractivity (Wildman–Crippen MR) is 86.2 cm³/mol. The molecule has 0 fully saturated rings. The average molecular weight is 288 g/mol. The SMILES string of the molecule is CSc1nc(N)cc(NCCC(C)c2ccccc2)n1. The second-order valence-electron chi connectivity index (χ2n) is 4.69. The highest BCUT2D eigenvalue weighted by atomic mass is 32.2. The molecule has 0 aliphatic carbocycles. The zero-order chi connectivity index (χ0) is 14.4. The first-order chi connectivity index (χ1) is 9.69. The van der Waals surface area contributed by atoms with Gasteiger partial charge in [-0.1, -0.05) is 49.0 Å². The molecule has 106 valence electrons. The maximum Gasteiger partial charge on any atom is 0.191 e. The van der Waals surface area contributed by atoms with Gasteiger partial charge in [0.05, 0.1) is 0 Å². The highest BCUT2D eigenvalue weighted by molar-refractivity contribution is 7.98. The van der Waals surface area contributed by atoms with Gasteiger partial charge in [0.15, 0.2) is 5.16 Å². The van der Waals surface area contributed by atoms with Crippen LogP contribution in [0.25, 0.3) is 0 Å². The fourth-order valence-electron chi connectivity index (χ4n) is 1.99. The second kappa shape index (κ2) is 7.14. The zero-order valence-corrected chi connectivity index (χ0v) is 12.7. The minimum Gasteiger partial charge on any atom is -0.383 e. The molecule has 1 aromatic carbocycles. The molecule has 0 amide bonds. The summed E-state index contributed by atoms with van der Waals surface area (Å²) in [5.41, 5.74) is 7.12. The Kier molecular flexibility index (Phi) is 5.24. The number of nitrogens with one attached hydrogen (secondary N) is 1. The van der Waals surface area contributed by atoms with Crippen molar-refractivity contribution in [1.82, 2.24) is 9.97 Å². The maximum absolute atomic E-state index is 5.75. The molecule has 5 heteroatoms. The summed E-state index contributed by atoms with van der Waals surface area (Å²) < 4.78 is 0. The highest BCUT2D eigenvalue weighted by Gasteiger charge is 2.05. The van der Waals surface area contributed by atoms with E-state index < -0.39 is 0 Å². The van der Waals surface area contributed by atoms with Gasteiger partial charge in [-0.25, -0.2) is 9.97 Å². The van der Waals surface area contributed by atoms with Crippen LogP contribution >= 0.6 is 11.8 Å². The molecule has 0 bridgehead atoms. The number of thioether (sulfide) groups is 1. The summed E-state index contributed by atoms with van der Waals surface area (Å²) in [7, 11) is 0. The summed E-state index contributed by atoms with van der Waals surface area (Å²) in [6.07, 6.45) is 2.98. The number of hydrogen-bond donors (Lipinski definition) is 2. The lowest BCUT2D eigenvalue weighted by Gasteiger charge is -2.13. The summed E-state index contributed by atoms with van der Waals surface area (Å²) in [6.45, 7) is 3.10. The van der Waals surface area contributed by atoms with Crippen molar-refractivity contribution in [2.24, 2.45) is 0 Å². The number of nitrogens with two attached hydrogens (primary N) is 1. The number of rotatable bonds is 6. The molecule has 0 spiro atoms. The van der Waals surface area contributed by atoms with Gasteiger partial charge < -0.3 is 11.1 Å². The minimum absolute atomic E-state index is 0.503. The Morgan fingerprint density at radius 3 is 2.70 bits per heavy atom. The average Bonchev–Trinajstić information content (AvgIpc) is 2.47. The number of anilines is 2. The molecule has 1 heterocycles. The van der Waals surface area contributed by atoms with Crippen LogP contribution in [0, 0.1) is 0 Å². The summed E-state index contributed by atoms with van der Waals surface area (Å²) >= 11 is 1.49. The lowest BCUT2D eigenvalue weighted by Crippen LogP contribution is -2.08. The Balaban J connectivity index is 1.88. The first kappa shape index (κ1) is 14.7. The van der Waals surface area contributed by atoms with Crippen molar-refractivity contribution < 1.29 is 0 Å². The zero-order valence-electron chi connectivity index (χ0n) is 11.8. The van der Waals surface area contributed by atoms with E-state index in [2.05, 4.69) is 46.5 Å². The van der Waals surface area contributed by atoms with Crippen LogP contribution in [-0.2, 0) is 0 Å². The third-order valence-electron chi connectivity index (χ3n) is 3.16. The smallest absolute Gasteiger partial charge is 0.191 e. The van der Waals surface area contributed by atoms with Gasteiger partial charge in [0.2, 0.25) is 0 Å². The minimum atomic E-state index is 0.503. The van der Waals surface area contributed by atoms with E-state index in [1.807, 2.05) is 12.3 Å². The van der Waals surface area contributed by atoms with Crippen molar-refractivity contribution in [2.45, 2.75) is 24.4 Å². The van der Waals surface area contributed by atoms with Crippen LogP contribution in [0.3, 0.4) is 0 Å². The Hall–Kier alpha value is -1.75. The predicted octanol–water partition coefficient (Wildman–Crippen LogP) is 3.39. The normalized spacial score (nSPS) is 12.1. The monoisotopic (exact) mass is 288 g/mol. The third-order valence-corrected chi connectivity index (χ3v) is 3.71. The van der Waals surface area contributed by atoms with Gasteiger partial charge in [-0.2, -0.15) is 0 Å². The number of nitrogens with zero attached hydrogens (tertiary/aromatic N) is 2. The van der Waals surface area contributed by atoms with Crippen LogP contribution in [-0.4, -0.2) is 22.8 Å². The van der Waals surface area contributed by atoms with Crippen molar-refractivity contribution >= 4 is 23.4 Å². The number of aromatic nitrogens is 2. The van der Waals surface area contributed by atoms with Gasteiger partial charge >= 0.3 is 0 Å². The molecule has 0 radical (unpaired) electrons. The summed E-state index contributed by atoms with van der Waals surface area (Å²) in [5, 5.41) is 4.01. The molecule has 2 rings (SSSR count). The lowest BCUT2D eigenvalue weighted by molar-refractivity contribution is 0.704. The Morgan fingerprint density at radius 1 is 1.25 bits per heavy atom. The fraction of sp³-hybridized carbons (Fsp3) is 0.333. The number of nitrogen functional groups attached to an aromatic ring is 1. The van der Waals surface area contributed by atoms with Crippen LogP contribution in [0.5, 0.6) is 0 Å². The van der Waals surface area contributed by atoms with Crippen LogP contribution < -0.4 is 11.1 Å². The van der Waals surface area contributed by atoms with Gasteiger partial charge in [0.1, 0.15) is 11.6 Å². The molecule has 0 aliphatic heterocycles. The van der Waals surface area contributed by atoms with E-state index in [-0.39, 0.29) is 0 Å². The number of benzene rings is 1. The first-order valence-corrected chi connectivity index (χ1v) is 7.89. The Bertz CT molecular complexity index is 545. The van der Waals surface area contributed by atoms with Crippen molar-refractivity contribution in [1.29, 1.82) is 0 Å². The summed E-state index contributed by atoms with van der Waals surface area (Å²) in [5.74, 6) is 1.81. The quantitative estimate of drug-likeness (QED) is 0.630. The molecule has 4 nitrogen and oxygen atoms in total. The molecule has 20 heavy (non-hydrogen) atoms. The molecular formula is C15H20N4S. The molecule has 1 atom stereocenters. The molecule has 0 saturated carbocycles. The molecule has 1 aromatic heterocycles. The standard InChI is InChI=1S/C15H20N4S/c1-11(12-6-4-3-5-7-12)8-9-17-14-10-13(16)18-15(19-14)20-2/h3-7,10-11H,8-9H2,1-2H3,(H3,16,17,18,19). The molecule has 1 unspecified atom stereocenters. The van der Waals surface area contributed by atoms with Crippen LogP contribution in [0.2, 0.25) is 0 Å². The van der Waals surface area contributed by atoms with Gasteiger partial charge in [-0.15, -0.1) is 0 Å². The van der Waals surface area contributed by atoms with Crippen molar-refractivity contribution in [3.63, 3.8) is 0 Å². The molecule has 0 saturated heterocycles. The maximum atomic E-state index is 5.75. The van der Waals surface area contributed by atoms with Gasteiger partial charge in [-0.3, -0.25) is 0 Å². The van der Waals surface area contributed by atoms with E-state index in [9.17, 15) is 0 Å². The van der Waals surface area contributed by atoms with Crippen molar-refractivity contribution in [2.75, 3.05) is 23.9 Å². The molecular weight excluding hydrogens is 268 g/mol. The van der Waals surface area contributed by atoms with Gasteiger partial charge in [0, 0.05) is 12.6 Å². The topological polar surface area (TPSA) is 63.8 Å². The van der Waals surface area contributed by atoms with E-state index in [1.54, 1.807) is 6.07 Å². The number of hydrogen-bond acceptors (Lipinski definition) is 5. The van der Waals surface area contributed by atoms with E-state index in [4.69, 9.17) is 5.73 Å².